The lowest BCUT2D eigenvalue weighted by atomic mass is 10.1. The molecule has 2 nitrogen and oxygen atoms in total. The Morgan fingerprint density at radius 1 is 1.35 bits per heavy atom. The number of para-hydroxylation sites is 1. The van der Waals surface area contributed by atoms with Gasteiger partial charge < -0.3 is 5.32 Å². The van der Waals surface area contributed by atoms with Gasteiger partial charge in [-0.25, -0.2) is 0 Å². The molecular weight excluding hydrogens is 232 g/mol. The van der Waals surface area contributed by atoms with Crippen LogP contribution in [0.15, 0.2) is 30.3 Å². The topological polar surface area (TPSA) is 24.9 Å². The van der Waals surface area contributed by atoms with E-state index in [1.165, 1.54) is 0 Å². The van der Waals surface area contributed by atoms with Gasteiger partial charge in [0.25, 0.3) is 0 Å². The Morgan fingerprint density at radius 2 is 2.12 bits per heavy atom. The number of fused-ring (bicyclic) bond motifs is 1. The van der Waals surface area contributed by atoms with Gasteiger partial charge in [-0.1, -0.05) is 25.1 Å². The van der Waals surface area contributed by atoms with Crippen molar-refractivity contribution in [3.63, 3.8) is 0 Å². The average molecular weight is 249 g/mol. The van der Waals surface area contributed by atoms with Gasteiger partial charge in [0.2, 0.25) is 0 Å². The molecule has 17 heavy (non-hydrogen) atoms. The number of alkyl halides is 1. The monoisotopic (exact) mass is 248 g/mol. The molecule has 3 heteroatoms. The van der Waals surface area contributed by atoms with E-state index in [1.54, 1.807) is 0 Å². The Balaban J connectivity index is 2.44. The molecule has 0 saturated carbocycles. The van der Waals surface area contributed by atoms with Crippen molar-refractivity contribution in [1.29, 1.82) is 0 Å². The highest BCUT2D eigenvalue weighted by molar-refractivity contribution is 6.18. The SMILES string of the molecule is CCC(CCl)Nc1cc(C)nc2ccccc12. The van der Waals surface area contributed by atoms with E-state index in [0.717, 1.165) is 28.7 Å². The van der Waals surface area contributed by atoms with Crippen molar-refractivity contribution in [2.45, 2.75) is 26.3 Å². The molecule has 1 aromatic heterocycles. The van der Waals surface area contributed by atoms with Crippen LogP contribution in [0.25, 0.3) is 10.9 Å². The second-order valence-electron chi connectivity index (χ2n) is 4.23. The van der Waals surface area contributed by atoms with Crippen molar-refractivity contribution in [3.8, 4) is 0 Å². The number of anilines is 1. The lowest BCUT2D eigenvalue weighted by Crippen LogP contribution is -2.20. The Labute approximate surface area is 107 Å². The summed E-state index contributed by atoms with van der Waals surface area (Å²) in [7, 11) is 0. The van der Waals surface area contributed by atoms with Crippen LogP contribution < -0.4 is 5.32 Å². The highest BCUT2D eigenvalue weighted by atomic mass is 35.5. The quantitative estimate of drug-likeness (QED) is 0.828. The summed E-state index contributed by atoms with van der Waals surface area (Å²) in [6, 6.07) is 10.6. The summed E-state index contributed by atoms with van der Waals surface area (Å²) >= 11 is 5.93. The molecule has 0 aliphatic heterocycles. The van der Waals surface area contributed by atoms with Gasteiger partial charge in [0.05, 0.1) is 5.52 Å². The normalized spacial score (nSPS) is 12.6. The standard InChI is InChI=1S/C14H17ClN2/c1-3-11(9-15)17-14-8-10(2)16-13-7-5-4-6-12(13)14/h4-8,11H,3,9H2,1-2H3,(H,16,17). The number of hydrogen-bond acceptors (Lipinski definition) is 2. The first kappa shape index (κ1) is 12.2. The van der Waals surface area contributed by atoms with Crippen molar-refractivity contribution in [1.82, 2.24) is 4.98 Å². The molecule has 0 aliphatic carbocycles. The second kappa shape index (κ2) is 5.37. The predicted molar refractivity (Wildman–Crippen MR) is 74.9 cm³/mol. The molecular formula is C14H17ClN2. The van der Waals surface area contributed by atoms with Crippen LogP contribution in [0.2, 0.25) is 0 Å². The third-order valence-electron chi connectivity index (χ3n) is 2.88. The molecule has 1 aromatic carbocycles. The van der Waals surface area contributed by atoms with Gasteiger partial charge in [-0.2, -0.15) is 0 Å². The number of aryl methyl sites for hydroxylation is 1. The number of benzene rings is 1. The minimum absolute atomic E-state index is 0.307. The van der Waals surface area contributed by atoms with E-state index >= 15 is 0 Å². The van der Waals surface area contributed by atoms with Crippen molar-refractivity contribution in [3.05, 3.63) is 36.0 Å². The number of hydrogen-bond donors (Lipinski definition) is 1. The van der Waals surface area contributed by atoms with Gasteiger partial charge in [0.15, 0.2) is 0 Å². The van der Waals surface area contributed by atoms with Crippen LogP contribution >= 0.6 is 11.6 Å². The molecule has 0 fully saturated rings. The fourth-order valence-electron chi connectivity index (χ4n) is 1.90. The molecule has 1 N–H and O–H groups in total. The maximum absolute atomic E-state index is 5.93. The molecule has 0 radical (unpaired) electrons. The third-order valence-corrected chi connectivity index (χ3v) is 3.26. The Morgan fingerprint density at radius 3 is 2.82 bits per heavy atom. The van der Waals surface area contributed by atoms with E-state index in [9.17, 15) is 0 Å². The molecule has 0 bridgehead atoms. The lowest BCUT2D eigenvalue weighted by Gasteiger charge is -2.17. The molecule has 0 aliphatic rings. The first-order valence-electron chi connectivity index (χ1n) is 5.93. The summed E-state index contributed by atoms with van der Waals surface area (Å²) in [5.41, 5.74) is 3.18. The fourth-order valence-corrected chi connectivity index (χ4v) is 2.19. The molecule has 1 unspecified atom stereocenters. The molecule has 0 saturated heterocycles. The largest absolute Gasteiger partial charge is 0.381 e. The van der Waals surface area contributed by atoms with E-state index in [1.807, 2.05) is 25.1 Å². The van der Waals surface area contributed by atoms with Crippen LogP contribution in [0, 0.1) is 6.92 Å². The first-order chi connectivity index (χ1) is 8.24. The summed E-state index contributed by atoms with van der Waals surface area (Å²) in [4.78, 5) is 4.52. The molecule has 1 atom stereocenters. The molecule has 2 aromatic rings. The molecule has 0 spiro atoms. The molecule has 1 heterocycles. The van der Waals surface area contributed by atoms with E-state index in [0.29, 0.717) is 11.9 Å². The van der Waals surface area contributed by atoms with E-state index in [2.05, 4.69) is 29.4 Å². The van der Waals surface area contributed by atoms with Crippen molar-refractivity contribution >= 4 is 28.2 Å². The molecule has 0 amide bonds. The smallest absolute Gasteiger partial charge is 0.0725 e. The van der Waals surface area contributed by atoms with Crippen LogP contribution in [0.3, 0.4) is 0 Å². The Kier molecular flexibility index (Phi) is 3.85. The Bertz CT molecular complexity index is 507. The highest BCUT2D eigenvalue weighted by Crippen LogP contribution is 2.24. The van der Waals surface area contributed by atoms with Crippen LogP contribution in [0.4, 0.5) is 5.69 Å². The predicted octanol–water partition coefficient (Wildman–Crippen LogP) is 3.97. The minimum Gasteiger partial charge on any atom is -0.381 e. The average Bonchev–Trinajstić information content (AvgIpc) is 2.35. The van der Waals surface area contributed by atoms with Crippen LogP contribution in [-0.2, 0) is 0 Å². The lowest BCUT2D eigenvalue weighted by molar-refractivity contribution is 0.771. The molecule has 2 rings (SSSR count). The number of aromatic nitrogens is 1. The maximum atomic E-state index is 5.93. The van der Waals surface area contributed by atoms with Crippen molar-refractivity contribution in [2.75, 3.05) is 11.2 Å². The zero-order valence-corrected chi connectivity index (χ0v) is 11.0. The zero-order chi connectivity index (χ0) is 12.3. The van der Waals surface area contributed by atoms with Crippen molar-refractivity contribution in [2.24, 2.45) is 0 Å². The zero-order valence-electron chi connectivity index (χ0n) is 10.2. The summed E-state index contributed by atoms with van der Waals surface area (Å²) in [5, 5.41) is 4.64. The Hall–Kier alpha value is -1.28. The number of nitrogens with zero attached hydrogens (tertiary/aromatic N) is 1. The fraction of sp³-hybridized carbons (Fsp3) is 0.357. The van der Waals surface area contributed by atoms with E-state index < -0.39 is 0 Å². The number of nitrogens with one attached hydrogen (secondary N) is 1. The van der Waals surface area contributed by atoms with E-state index in [-0.39, 0.29) is 0 Å². The van der Waals surface area contributed by atoms with Crippen LogP contribution in [-0.4, -0.2) is 16.9 Å². The summed E-state index contributed by atoms with van der Waals surface area (Å²) < 4.78 is 0. The van der Waals surface area contributed by atoms with Crippen LogP contribution in [0.1, 0.15) is 19.0 Å². The number of pyridine rings is 1. The minimum atomic E-state index is 0.307. The summed E-state index contributed by atoms with van der Waals surface area (Å²) in [5.74, 6) is 0.617. The van der Waals surface area contributed by atoms with Crippen molar-refractivity contribution < 1.29 is 0 Å². The van der Waals surface area contributed by atoms with Gasteiger partial charge in [-0.3, -0.25) is 4.98 Å². The highest BCUT2D eigenvalue weighted by Gasteiger charge is 2.08. The second-order valence-corrected chi connectivity index (χ2v) is 4.54. The first-order valence-corrected chi connectivity index (χ1v) is 6.47. The summed E-state index contributed by atoms with van der Waals surface area (Å²) in [6.45, 7) is 4.15. The van der Waals surface area contributed by atoms with Gasteiger partial charge in [0.1, 0.15) is 0 Å². The molecule has 90 valence electrons. The van der Waals surface area contributed by atoms with Crippen LogP contribution in [0.5, 0.6) is 0 Å². The maximum Gasteiger partial charge on any atom is 0.0725 e. The van der Waals surface area contributed by atoms with Gasteiger partial charge in [0, 0.05) is 28.7 Å². The number of rotatable bonds is 4. The summed E-state index contributed by atoms with van der Waals surface area (Å²) in [6.07, 6.45) is 1.01. The number of halogens is 1. The van der Waals surface area contributed by atoms with Gasteiger partial charge >= 0.3 is 0 Å². The van der Waals surface area contributed by atoms with E-state index in [4.69, 9.17) is 11.6 Å². The third kappa shape index (κ3) is 2.70. The van der Waals surface area contributed by atoms with Gasteiger partial charge in [-0.15, -0.1) is 11.6 Å². The van der Waals surface area contributed by atoms with Gasteiger partial charge in [-0.05, 0) is 25.5 Å².